The highest BCUT2D eigenvalue weighted by molar-refractivity contribution is 8.03. The number of carboxylic acids is 1. The molecule has 162 valence electrons. The van der Waals surface area contributed by atoms with Gasteiger partial charge in [0.05, 0.1) is 24.3 Å². The second kappa shape index (κ2) is 7.47. The van der Waals surface area contributed by atoms with Crippen molar-refractivity contribution in [3.8, 4) is 0 Å². The largest absolute Gasteiger partial charge is 0.477 e. The third-order valence-corrected chi connectivity index (χ3v) is 7.44. The van der Waals surface area contributed by atoms with Crippen LogP contribution in [0.5, 0.6) is 0 Å². The number of aliphatic hydroxyl groups excluding tert-OH is 1. The molecule has 3 aliphatic rings. The molecular weight excluding hydrogens is 420 g/mol. The van der Waals surface area contributed by atoms with Gasteiger partial charge in [-0.25, -0.2) is 13.2 Å². The number of sulfonamides is 1. The van der Waals surface area contributed by atoms with Crippen molar-refractivity contribution in [2.75, 3.05) is 33.4 Å². The Hall–Kier alpha value is -1.79. The maximum Gasteiger partial charge on any atom is 0.353 e. The Bertz CT molecular complexity index is 886. The minimum atomic E-state index is -3.54. The molecule has 2 fully saturated rings. The molecule has 0 aliphatic carbocycles. The van der Waals surface area contributed by atoms with Crippen LogP contribution >= 0.6 is 11.8 Å². The molecule has 0 bridgehead atoms. The fourth-order valence-corrected chi connectivity index (χ4v) is 6.53. The molecule has 29 heavy (non-hydrogen) atoms. The number of thioether (sulfide) groups is 1. The number of amides is 1. The van der Waals surface area contributed by atoms with Crippen LogP contribution in [0, 0.1) is 11.8 Å². The molecule has 3 rings (SSSR count). The lowest BCUT2D eigenvalue weighted by atomic mass is 9.79. The highest BCUT2D eigenvalue weighted by Gasteiger charge is 2.60. The maximum absolute atomic E-state index is 12.4. The molecule has 0 aromatic rings. The number of rotatable bonds is 5. The first-order chi connectivity index (χ1) is 13.3. The predicted octanol–water partition coefficient (Wildman–Crippen LogP) is -0.565. The molecule has 4 atom stereocenters. The number of hydrogen-bond acceptors (Lipinski definition) is 6. The summed E-state index contributed by atoms with van der Waals surface area (Å²) in [6.45, 7) is 4.38. The fraction of sp³-hybridized carbons (Fsp3) is 0.706. The van der Waals surface area contributed by atoms with Crippen LogP contribution in [0.4, 0.5) is 0 Å². The second-order valence-corrected chi connectivity index (χ2v) is 10.9. The van der Waals surface area contributed by atoms with Crippen molar-refractivity contribution < 1.29 is 28.2 Å². The van der Waals surface area contributed by atoms with Gasteiger partial charge in [0, 0.05) is 43.3 Å². The van der Waals surface area contributed by atoms with Gasteiger partial charge in [0.25, 0.3) is 10.0 Å². The summed E-state index contributed by atoms with van der Waals surface area (Å²) in [5.41, 5.74) is -0.00435. The molecule has 0 radical (unpaired) electrons. The summed E-state index contributed by atoms with van der Waals surface area (Å²) >= 11 is 1.40. The first kappa shape index (κ1) is 21.9. The number of nitrogens with zero attached hydrogens (tertiary/aromatic N) is 4. The highest BCUT2D eigenvalue weighted by Crippen LogP contribution is 2.51. The normalized spacial score (nSPS) is 31.0. The fourth-order valence-electron chi connectivity index (χ4n) is 4.34. The van der Waals surface area contributed by atoms with E-state index in [1.54, 1.807) is 30.8 Å². The number of fused-ring (bicyclic) bond motifs is 1. The number of carboxylic acid groups (broad SMARTS) is 1. The Morgan fingerprint density at radius 3 is 2.28 bits per heavy atom. The monoisotopic (exact) mass is 446 g/mol. The molecular formula is C17H26N4O6S2. The van der Waals surface area contributed by atoms with Crippen LogP contribution in [0.1, 0.15) is 13.8 Å². The van der Waals surface area contributed by atoms with E-state index < -0.39 is 28.0 Å². The summed E-state index contributed by atoms with van der Waals surface area (Å²) in [6, 6.07) is -0.350. The molecule has 0 aromatic heterocycles. The van der Waals surface area contributed by atoms with Gasteiger partial charge >= 0.3 is 5.97 Å². The lowest BCUT2D eigenvalue weighted by Crippen LogP contribution is -2.63. The van der Waals surface area contributed by atoms with Gasteiger partial charge in [0.1, 0.15) is 5.70 Å². The van der Waals surface area contributed by atoms with Crippen molar-refractivity contribution in [3.05, 3.63) is 10.6 Å². The SMILES string of the molecule is C[C@@H](O)[C@H]1C(=O)N2C(C(=O)O)=C(SC3CN(C)C(=NS(C)(=O)=O)N(C)C3)[C@H](C)[C@H]12. The van der Waals surface area contributed by atoms with Crippen molar-refractivity contribution >= 4 is 39.6 Å². The van der Waals surface area contributed by atoms with Crippen molar-refractivity contribution in [2.45, 2.75) is 31.2 Å². The zero-order chi connectivity index (χ0) is 21.8. The van der Waals surface area contributed by atoms with E-state index in [1.165, 1.54) is 16.7 Å². The van der Waals surface area contributed by atoms with Crippen LogP contribution in [0.15, 0.2) is 15.0 Å². The Kier molecular flexibility index (Phi) is 5.65. The summed E-state index contributed by atoms with van der Waals surface area (Å²) in [7, 11) is -0.0738. The average molecular weight is 447 g/mol. The highest BCUT2D eigenvalue weighted by atomic mass is 32.2. The van der Waals surface area contributed by atoms with Crippen LogP contribution in [-0.2, 0) is 19.6 Å². The average Bonchev–Trinajstić information content (AvgIpc) is 2.79. The Morgan fingerprint density at radius 1 is 1.28 bits per heavy atom. The molecule has 0 spiro atoms. The van der Waals surface area contributed by atoms with Gasteiger partial charge in [-0.1, -0.05) is 6.92 Å². The topological polar surface area (TPSA) is 131 Å². The Morgan fingerprint density at radius 2 is 1.83 bits per heavy atom. The van der Waals surface area contributed by atoms with Gasteiger partial charge in [-0.2, -0.15) is 0 Å². The molecule has 3 heterocycles. The zero-order valence-electron chi connectivity index (χ0n) is 16.9. The number of hydrogen-bond donors (Lipinski definition) is 2. The van der Waals surface area contributed by atoms with Gasteiger partial charge in [0.15, 0.2) is 0 Å². The molecule has 1 amide bonds. The van der Waals surface area contributed by atoms with Crippen molar-refractivity contribution in [3.63, 3.8) is 0 Å². The number of carbonyl (C=O) groups excluding carboxylic acids is 1. The minimum absolute atomic E-state index is 0.00435. The molecule has 3 aliphatic heterocycles. The summed E-state index contributed by atoms with van der Waals surface area (Å²) in [5.74, 6) is -1.97. The van der Waals surface area contributed by atoms with Gasteiger partial charge in [-0.3, -0.25) is 4.79 Å². The maximum atomic E-state index is 12.4. The van der Waals surface area contributed by atoms with Crippen LogP contribution in [0.3, 0.4) is 0 Å². The van der Waals surface area contributed by atoms with Crippen molar-refractivity contribution in [2.24, 2.45) is 16.2 Å². The van der Waals surface area contributed by atoms with E-state index >= 15 is 0 Å². The molecule has 12 heteroatoms. The van der Waals surface area contributed by atoms with Gasteiger partial charge < -0.3 is 24.9 Å². The Labute approximate surface area is 174 Å². The molecule has 0 saturated carbocycles. The number of carbonyl (C=O) groups is 2. The van der Waals surface area contributed by atoms with E-state index in [2.05, 4.69) is 4.40 Å². The number of β-lactam (4-membered cyclic amide) rings is 1. The number of aliphatic carboxylic acids is 1. The van der Waals surface area contributed by atoms with Crippen LogP contribution in [0.25, 0.3) is 0 Å². The van der Waals surface area contributed by atoms with Crippen molar-refractivity contribution in [1.29, 1.82) is 0 Å². The van der Waals surface area contributed by atoms with Crippen LogP contribution < -0.4 is 0 Å². The zero-order valence-corrected chi connectivity index (χ0v) is 18.6. The standard InChI is InChI=1S/C17H26N4O6S2/c1-8-12-11(9(2)22)15(23)21(12)13(16(24)25)14(8)28-10-6-19(3)17(20(4)7-10)18-29(5,26)27/h8-12,22H,6-7H2,1-5H3,(H,24,25)/t8-,9-,10?,11-,12-/m1/s1. The summed E-state index contributed by atoms with van der Waals surface area (Å²) in [5, 5.41) is 19.6. The number of guanidine groups is 1. The van der Waals surface area contributed by atoms with Gasteiger partial charge in [0.2, 0.25) is 11.9 Å². The van der Waals surface area contributed by atoms with E-state index in [9.17, 15) is 28.2 Å². The van der Waals surface area contributed by atoms with Gasteiger partial charge in [-0.15, -0.1) is 16.2 Å². The third-order valence-electron chi connectivity index (χ3n) is 5.49. The van der Waals surface area contributed by atoms with E-state index in [0.717, 1.165) is 6.26 Å². The summed E-state index contributed by atoms with van der Waals surface area (Å²) in [4.78, 5) is 29.7. The molecule has 2 N–H and O–H groups in total. The van der Waals surface area contributed by atoms with E-state index in [4.69, 9.17) is 0 Å². The van der Waals surface area contributed by atoms with E-state index in [-0.39, 0.29) is 28.8 Å². The molecule has 0 aromatic carbocycles. The summed E-state index contributed by atoms with van der Waals surface area (Å²) < 4.78 is 26.8. The quantitative estimate of drug-likeness (QED) is 0.533. The molecule has 10 nitrogen and oxygen atoms in total. The number of aliphatic hydroxyl groups is 1. The van der Waals surface area contributed by atoms with E-state index in [0.29, 0.717) is 24.0 Å². The first-order valence-corrected chi connectivity index (χ1v) is 11.9. The molecule has 0 unspecified atom stereocenters. The van der Waals surface area contributed by atoms with Crippen LogP contribution in [0.2, 0.25) is 0 Å². The first-order valence-electron chi connectivity index (χ1n) is 9.21. The van der Waals surface area contributed by atoms with Gasteiger partial charge in [-0.05, 0) is 6.92 Å². The minimum Gasteiger partial charge on any atom is -0.477 e. The smallest absolute Gasteiger partial charge is 0.353 e. The lowest BCUT2D eigenvalue weighted by molar-refractivity contribution is -0.163. The van der Waals surface area contributed by atoms with Crippen molar-refractivity contribution in [1.82, 2.24) is 14.7 Å². The Balaban J connectivity index is 1.84. The second-order valence-electron chi connectivity index (χ2n) is 7.90. The lowest BCUT2D eigenvalue weighted by Gasteiger charge is -2.46. The predicted molar refractivity (Wildman–Crippen MR) is 109 cm³/mol. The summed E-state index contributed by atoms with van der Waals surface area (Å²) in [6.07, 6.45) is 0.194. The molecule has 2 saturated heterocycles. The van der Waals surface area contributed by atoms with E-state index in [1.807, 2.05) is 6.92 Å². The van der Waals surface area contributed by atoms with Crippen LogP contribution in [-0.4, -0.2) is 102 Å². The third kappa shape index (κ3) is 3.84.